The predicted molar refractivity (Wildman–Crippen MR) is 73.8 cm³/mol. The van der Waals surface area contributed by atoms with Crippen LogP contribution in [0.2, 0.25) is 0 Å². The van der Waals surface area contributed by atoms with Crippen molar-refractivity contribution >= 4 is 0 Å². The summed E-state index contributed by atoms with van der Waals surface area (Å²) in [5.74, 6) is 1.54. The van der Waals surface area contributed by atoms with Crippen LogP contribution in [0.3, 0.4) is 0 Å². The molecular formula is C15H25NO. The Morgan fingerprint density at radius 1 is 1.12 bits per heavy atom. The van der Waals surface area contributed by atoms with Crippen molar-refractivity contribution in [3.05, 3.63) is 28.8 Å². The predicted octanol–water partition coefficient (Wildman–Crippen LogP) is 3.54. The summed E-state index contributed by atoms with van der Waals surface area (Å²) in [5.41, 5.74) is 9.75. The van der Waals surface area contributed by atoms with Gasteiger partial charge in [0.1, 0.15) is 5.75 Å². The fraction of sp³-hybridized carbons (Fsp3) is 0.600. The lowest BCUT2D eigenvalue weighted by molar-refractivity contribution is 0.411. The first-order valence-corrected chi connectivity index (χ1v) is 6.36. The van der Waals surface area contributed by atoms with Gasteiger partial charge in [-0.3, -0.25) is 0 Å². The molecule has 17 heavy (non-hydrogen) atoms. The molecule has 0 saturated carbocycles. The van der Waals surface area contributed by atoms with Crippen LogP contribution in [0.1, 0.15) is 49.3 Å². The van der Waals surface area contributed by atoms with Crippen molar-refractivity contribution in [2.45, 2.75) is 52.5 Å². The Morgan fingerprint density at radius 2 is 1.76 bits per heavy atom. The quantitative estimate of drug-likeness (QED) is 0.847. The first-order valence-electron chi connectivity index (χ1n) is 6.36. The largest absolute Gasteiger partial charge is 0.496 e. The molecule has 0 aliphatic carbocycles. The molecular weight excluding hydrogens is 210 g/mol. The standard InChI is InChI=1S/C15H25NO/c1-10(6-7-13(4)16)14-8-12(3)15(17-5)9-11(14)2/h8-10,13H,6-7,16H2,1-5H3. The maximum absolute atomic E-state index is 5.81. The molecule has 0 heterocycles. The minimum absolute atomic E-state index is 0.289. The third kappa shape index (κ3) is 3.74. The summed E-state index contributed by atoms with van der Waals surface area (Å²) in [6, 6.07) is 4.67. The summed E-state index contributed by atoms with van der Waals surface area (Å²) < 4.78 is 5.34. The highest BCUT2D eigenvalue weighted by molar-refractivity contribution is 5.42. The maximum Gasteiger partial charge on any atom is 0.122 e. The lowest BCUT2D eigenvalue weighted by Gasteiger charge is -2.18. The molecule has 0 aromatic heterocycles. The van der Waals surface area contributed by atoms with E-state index in [1.54, 1.807) is 7.11 Å². The van der Waals surface area contributed by atoms with Gasteiger partial charge in [0.2, 0.25) is 0 Å². The minimum atomic E-state index is 0.289. The SMILES string of the molecule is COc1cc(C)c(C(C)CCC(C)N)cc1C. The molecule has 0 aliphatic rings. The summed E-state index contributed by atoms with van der Waals surface area (Å²) in [4.78, 5) is 0. The van der Waals surface area contributed by atoms with E-state index in [-0.39, 0.29) is 6.04 Å². The zero-order valence-electron chi connectivity index (χ0n) is 11.7. The summed E-state index contributed by atoms with van der Waals surface area (Å²) in [7, 11) is 1.72. The van der Waals surface area contributed by atoms with Gasteiger partial charge in [-0.1, -0.05) is 13.0 Å². The molecule has 0 fully saturated rings. The van der Waals surface area contributed by atoms with Crippen LogP contribution in [-0.2, 0) is 0 Å². The normalized spacial score (nSPS) is 14.5. The van der Waals surface area contributed by atoms with Gasteiger partial charge < -0.3 is 10.5 Å². The van der Waals surface area contributed by atoms with Crippen molar-refractivity contribution in [1.29, 1.82) is 0 Å². The van der Waals surface area contributed by atoms with Gasteiger partial charge in [0, 0.05) is 6.04 Å². The van der Waals surface area contributed by atoms with Crippen LogP contribution in [0.5, 0.6) is 5.75 Å². The summed E-state index contributed by atoms with van der Waals surface area (Å²) >= 11 is 0. The van der Waals surface area contributed by atoms with Crippen LogP contribution in [0.15, 0.2) is 12.1 Å². The number of ether oxygens (including phenoxy) is 1. The van der Waals surface area contributed by atoms with E-state index in [4.69, 9.17) is 10.5 Å². The summed E-state index contributed by atoms with van der Waals surface area (Å²) in [6.07, 6.45) is 2.22. The average Bonchev–Trinajstić information content (AvgIpc) is 2.28. The molecule has 2 N–H and O–H groups in total. The second-order valence-corrected chi connectivity index (χ2v) is 5.13. The van der Waals surface area contributed by atoms with Crippen LogP contribution in [0.4, 0.5) is 0 Å². The first-order chi connectivity index (χ1) is 7.95. The fourth-order valence-electron chi connectivity index (χ4n) is 2.23. The summed E-state index contributed by atoms with van der Waals surface area (Å²) in [5, 5.41) is 0. The van der Waals surface area contributed by atoms with E-state index in [2.05, 4.69) is 39.8 Å². The molecule has 2 heteroatoms. The molecule has 0 saturated heterocycles. The Labute approximate surface area is 105 Å². The number of benzene rings is 1. The van der Waals surface area contributed by atoms with Crippen molar-refractivity contribution in [3.8, 4) is 5.75 Å². The van der Waals surface area contributed by atoms with E-state index in [0.717, 1.165) is 18.6 Å². The van der Waals surface area contributed by atoms with E-state index < -0.39 is 0 Å². The Kier molecular flexibility index (Phi) is 5.01. The molecule has 1 rings (SSSR count). The molecule has 0 amide bonds. The van der Waals surface area contributed by atoms with E-state index in [1.807, 2.05) is 0 Å². The second kappa shape index (κ2) is 6.06. The molecule has 0 spiro atoms. The molecule has 1 aromatic carbocycles. The van der Waals surface area contributed by atoms with E-state index in [1.165, 1.54) is 16.7 Å². The van der Waals surface area contributed by atoms with Crippen molar-refractivity contribution in [3.63, 3.8) is 0 Å². The third-order valence-corrected chi connectivity index (χ3v) is 3.37. The minimum Gasteiger partial charge on any atom is -0.496 e. The number of aryl methyl sites for hydroxylation is 2. The zero-order chi connectivity index (χ0) is 13.0. The van der Waals surface area contributed by atoms with Gasteiger partial charge in [-0.05, 0) is 62.3 Å². The van der Waals surface area contributed by atoms with Crippen LogP contribution in [0.25, 0.3) is 0 Å². The third-order valence-electron chi connectivity index (χ3n) is 3.37. The van der Waals surface area contributed by atoms with Gasteiger partial charge in [-0.2, -0.15) is 0 Å². The molecule has 96 valence electrons. The topological polar surface area (TPSA) is 35.2 Å². The lowest BCUT2D eigenvalue weighted by Crippen LogP contribution is -2.15. The molecule has 0 aliphatic heterocycles. The van der Waals surface area contributed by atoms with E-state index in [0.29, 0.717) is 5.92 Å². The average molecular weight is 235 g/mol. The summed E-state index contributed by atoms with van der Waals surface area (Å²) in [6.45, 7) is 8.59. The Hall–Kier alpha value is -1.02. The van der Waals surface area contributed by atoms with Gasteiger partial charge in [0.25, 0.3) is 0 Å². The number of nitrogens with two attached hydrogens (primary N) is 1. The fourth-order valence-corrected chi connectivity index (χ4v) is 2.23. The highest BCUT2D eigenvalue weighted by Gasteiger charge is 2.12. The maximum atomic E-state index is 5.81. The van der Waals surface area contributed by atoms with Gasteiger partial charge in [-0.15, -0.1) is 0 Å². The molecule has 1 aromatic rings. The number of rotatable bonds is 5. The van der Waals surface area contributed by atoms with Gasteiger partial charge in [-0.25, -0.2) is 0 Å². The highest BCUT2D eigenvalue weighted by Crippen LogP contribution is 2.29. The van der Waals surface area contributed by atoms with Crippen molar-refractivity contribution < 1.29 is 4.74 Å². The number of hydrogen-bond acceptors (Lipinski definition) is 2. The lowest BCUT2D eigenvalue weighted by atomic mass is 9.90. The number of methoxy groups -OCH3 is 1. The van der Waals surface area contributed by atoms with Crippen molar-refractivity contribution in [2.24, 2.45) is 5.73 Å². The van der Waals surface area contributed by atoms with Crippen molar-refractivity contribution in [2.75, 3.05) is 7.11 Å². The monoisotopic (exact) mass is 235 g/mol. The zero-order valence-corrected chi connectivity index (χ0v) is 11.7. The molecule has 2 unspecified atom stereocenters. The Bertz CT molecular complexity index is 371. The van der Waals surface area contributed by atoms with Gasteiger partial charge >= 0.3 is 0 Å². The van der Waals surface area contributed by atoms with E-state index in [9.17, 15) is 0 Å². The van der Waals surface area contributed by atoms with Gasteiger partial charge in [0.15, 0.2) is 0 Å². The molecule has 0 radical (unpaired) electrons. The highest BCUT2D eigenvalue weighted by atomic mass is 16.5. The first kappa shape index (κ1) is 14.0. The number of hydrogen-bond donors (Lipinski definition) is 1. The van der Waals surface area contributed by atoms with Crippen LogP contribution in [-0.4, -0.2) is 13.2 Å². The Balaban J connectivity index is 2.86. The smallest absolute Gasteiger partial charge is 0.122 e. The van der Waals surface area contributed by atoms with Crippen LogP contribution < -0.4 is 10.5 Å². The van der Waals surface area contributed by atoms with E-state index >= 15 is 0 Å². The van der Waals surface area contributed by atoms with Crippen LogP contribution in [0, 0.1) is 13.8 Å². The molecule has 2 atom stereocenters. The van der Waals surface area contributed by atoms with Crippen LogP contribution >= 0.6 is 0 Å². The molecule has 0 bridgehead atoms. The molecule has 2 nitrogen and oxygen atoms in total. The van der Waals surface area contributed by atoms with Gasteiger partial charge in [0.05, 0.1) is 7.11 Å². The second-order valence-electron chi connectivity index (χ2n) is 5.13. The van der Waals surface area contributed by atoms with Crippen molar-refractivity contribution in [1.82, 2.24) is 0 Å². The Morgan fingerprint density at radius 3 is 2.29 bits per heavy atom.